The summed E-state index contributed by atoms with van der Waals surface area (Å²) in [7, 11) is 0. The topological polar surface area (TPSA) is 92.6 Å². The molecule has 2 aromatic carbocycles. The highest BCUT2D eigenvalue weighted by atomic mass is 16.2. The Morgan fingerprint density at radius 2 is 1.97 bits per heavy atom. The third-order valence-electron chi connectivity index (χ3n) is 5.45. The molecule has 1 aliphatic rings. The van der Waals surface area contributed by atoms with Crippen LogP contribution in [0.3, 0.4) is 0 Å². The van der Waals surface area contributed by atoms with Crippen molar-refractivity contribution in [3.8, 4) is 5.69 Å². The zero-order valence-corrected chi connectivity index (χ0v) is 15.9. The van der Waals surface area contributed by atoms with Gasteiger partial charge in [0.2, 0.25) is 5.91 Å². The summed E-state index contributed by atoms with van der Waals surface area (Å²) in [6, 6.07) is 15.7. The van der Waals surface area contributed by atoms with Crippen molar-refractivity contribution < 1.29 is 4.79 Å². The van der Waals surface area contributed by atoms with E-state index in [2.05, 4.69) is 20.5 Å². The van der Waals surface area contributed by atoms with Crippen LogP contribution in [0.15, 0.2) is 54.9 Å². The third kappa shape index (κ3) is 3.49. The average Bonchev–Trinajstić information content (AvgIpc) is 3.44. The number of fused-ring (bicyclic) bond motifs is 1. The first-order chi connectivity index (χ1) is 14.3. The minimum absolute atomic E-state index is 0.00384. The first-order valence-corrected chi connectivity index (χ1v) is 9.84. The number of rotatable bonds is 4. The molecule has 8 nitrogen and oxygen atoms in total. The van der Waals surface area contributed by atoms with Crippen LogP contribution in [0.2, 0.25) is 0 Å². The van der Waals surface area contributed by atoms with Crippen LogP contribution >= 0.6 is 0 Å². The van der Waals surface area contributed by atoms with Gasteiger partial charge in [-0.15, -0.1) is 5.10 Å². The van der Waals surface area contributed by atoms with Crippen LogP contribution in [-0.2, 0) is 11.2 Å². The van der Waals surface area contributed by atoms with Gasteiger partial charge in [0.05, 0.1) is 29.2 Å². The summed E-state index contributed by atoms with van der Waals surface area (Å²) in [4.78, 5) is 23.3. The molecule has 0 saturated carbocycles. The molecule has 3 heterocycles. The van der Waals surface area contributed by atoms with Gasteiger partial charge in [-0.2, -0.15) is 0 Å². The SMILES string of the molecule is O=C(Cc1ccc(-n2cnnn2)cc1)N1CCCC[C@@H]1c1nc2ccccc2[nH]1. The first-order valence-electron chi connectivity index (χ1n) is 9.84. The number of benzene rings is 2. The predicted octanol–water partition coefficient (Wildman–Crippen LogP) is 2.83. The van der Waals surface area contributed by atoms with Crippen LogP contribution in [0.5, 0.6) is 0 Å². The Labute approximate surface area is 167 Å². The third-order valence-corrected chi connectivity index (χ3v) is 5.45. The van der Waals surface area contributed by atoms with E-state index in [1.54, 1.807) is 11.0 Å². The second-order valence-electron chi connectivity index (χ2n) is 7.34. The van der Waals surface area contributed by atoms with Gasteiger partial charge < -0.3 is 9.88 Å². The highest BCUT2D eigenvalue weighted by molar-refractivity contribution is 5.80. The molecule has 1 N–H and O–H groups in total. The fourth-order valence-corrected chi connectivity index (χ4v) is 3.97. The van der Waals surface area contributed by atoms with Crippen molar-refractivity contribution >= 4 is 16.9 Å². The Hall–Kier alpha value is -3.55. The highest BCUT2D eigenvalue weighted by Gasteiger charge is 2.30. The molecule has 0 spiro atoms. The summed E-state index contributed by atoms with van der Waals surface area (Å²) in [5, 5.41) is 11.2. The fourth-order valence-electron chi connectivity index (χ4n) is 3.97. The Balaban J connectivity index is 1.34. The zero-order chi connectivity index (χ0) is 19.6. The van der Waals surface area contributed by atoms with Crippen molar-refractivity contribution in [2.75, 3.05) is 6.54 Å². The predicted molar refractivity (Wildman–Crippen MR) is 107 cm³/mol. The summed E-state index contributed by atoms with van der Waals surface area (Å²) in [5.74, 6) is 1.01. The summed E-state index contributed by atoms with van der Waals surface area (Å²) in [6.07, 6.45) is 4.98. The number of aromatic nitrogens is 6. The molecule has 0 bridgehead atoms. The Bertz CT molecular complexity index is 1080. The number of tetrazole rings is 1. The fraction of sp³-hybridized carbons (Fsp3) is 0.286. The highest BCUT2D eigenvalue weighted by Crippen LogP contribution is 2.31. The summed E-state index contributed by atoms with van der Waals surface area (Å²) >= 11 is 0. The number of amides is 1. The molecule has 8 heteroatoms. The van der Waals surface area contributed by atoms with Gasteiger partial charge in [-0.3, -0.25) is 4.79 Å². The zero-order valence-electron chi connectivity index (χ0n) is 15.9. The maximum absolute atomic E-state index is 13.1. The normalized spacial score (nSPS) is 17.0. The number of hydrogen-bond acceptors (Lipinski definition) is 5. The molecule has 1 fully saturated rings. The minimum Gasteiger partial charge on any atom is -0.340 e. The number of H-pyrrole nitrogens is 1. The molecule has 1 amide bonds. The number of carbonyl (C=O) groups excluding carboxylic acids is 1. The van der Waals surface area contributed by atoms with Crippen LogP contribution < -0.4 is 0 Å². The number of carbonyl (C=O) groups is 1. The lowest BCUT2D eigenvalue weighted by atomic mass is 10.00. The summed E-state index contributed by atoms with van der Waals surface area (Å²) < 4.78 is 1.59. The van der Waals surface area contributed by atoms with E-state index in [1.807, 2.05) is 53.4 Å². The maximum Gasteiger partial charge on any atom is 0.227 e. The van der Waals surface area contributed by atoms with Gasteiger partial charge in [0.15, 0.2) is 0 Å². The molecule has 0 unspecified atom stereocenters. The smallest absolute Gasteiger partial charge is 0.227 e. The first kappa shape index (κ1) is 17.5. The van der Waals surface area contributed by atoms with Crippen LogP contribution in [0.25, 0.3) is 16.7 Å². The van der Waals surface area contributed by atoms with Gasteiger partial charge in [-0.05, 0) is 59.5 Å². The molecule has 29 heavy (non-hydrogen) atoms. The number of imidazole rings is 1. The van der Waals surface area contributed by atoms with E-state index in [9.17, 15) is 4.79 Å². The molecule has 1 atom stereocenters. The molecule has 2 aromatic heterocycles. The molecule has 0 radical (unpaired) electrons. The largest absolute Gasteiger partial charge is 0.340 e. The van der Waals surface area contributed by atoms with E-state index in [-0.39, 0.29) is 11.9 Å². The van der Waals surface area contributed by atoms with Gasteiger partial charge in [0.1, 0.15) is 12.2 Å². The van der Waals surface area contributed by atoms with Crippen LogP contribution in [0, 0.1) is 0 Å². The van der Waals surface area contributed by atoms with E-state index < -0.39 is 0 Å². The van der Waals surface area contributed by atoms with E-state index in [0.29, 0.717) is 6.42 Å². The van der Waals surface area contributed by atoms with Gasteiger partial charge in [-0.1, -0.05) is 24.3 Å². The van der Waals surface area contributed by atoms with E-state index in [4.69, 9.17) is 4.98 Å². The molecular weight excluding hydrogens is 366 g/mol. The second kappa shape index (κ2) is 7.46. The Morgan fingerprint density at radius 1 is 1.10 bits per heavy atom. The second-order valence-corrected chi connectivity index (χ2v) is 7.34. The molecule has 1 aliphatic heterocycles. The lowest BCUT2D eigenvalue weighted by molar-refractivity contribution is -0.134. The standard InChI is InChI=1S/C21H21N7O/c29-20(13-15-8-10-16(11-9-15)28-14-22-25-26-28)27-12-4-3-7-19(27)21-23-17-5-1-2-6-18(17)24-21/h1-2,5-6,8-11,14,19H,3-4,7,12-13H2,(H,23,24)/t19-/m1/s1. The van der Waals surface area contributed by atoms with E-state index in [1.165, 1.54) is 0 Å². The maximum atomic E-state index is 13.1. The van der Waals surface area contributed by atoms with Crippen molar-refractivity contribution in [2.24, 2.45) is 0 Å². The van der Waals surface area contributed by atoms with Crippen LogP contribution in [0.4, 0.5) is 0 Å². The molecule has 146 valence electrons. The number of nitrogens with zero attached hydrogens (tertiary/aromatic N) is 6. The summed E-state index contributed by atoms with van der Waals surface area (Å²) in [6.45, 7) is 0.767. The van der Waals surface area contributed by atoms with Crippen molar-refractivity contribution in [3.05, 3.63) is 66.2 Å². The van der Waals surface area contributed by atoms with Crippen molar-refractivity contribution in [3.63, 3.8) is 0 Å². The monoisotopic (exact) mass is 387 g/mol. The number of nitrogens with one attached hydrogen (secondary N) is 1. The van der Waals surface area contributed by atoms with Gasteiger partial charge in [0.25, 0.3) is 0 Å². The Kier molecular flexibility index (Phi) is 4.51. The number of para-hydroxylation sites is 2. The summed E-state index contributed by atoms with van der Waals surface area (Å²) in [5.41, 5.74) is 3.79. The molecule has 0 aliphatic carbocycles. The van der Waals surface area contributed by atoms with Crippen LogP contribution in [-0.4, -0.2) is 47.5 Å². The van der Waals surface area contributed by atoms with Crippen molar-refractivity contribution in [2.45, 2.75) is 31.7 Å². The number of likely N-dealkylation sites (tertiary alicyclic amines) is 1. The lowest BCUT2D eigenvalue weighted by Crippen LogP contribution is -2.39. The molecule has 4 aromatic rings. The van der Waals surface area contributed by atoms with Crippen molar-refractivity contribution in [1.82, 2.24) is 35.1 Å². The number of hydrogen-bond donors (Lipinski definition) is 1. The van der Waals surface area contributed by atoms with E-state index >= 15 is 0 Å². The average molecular weight is 387 g/mol. The quantitative estimate of drug-likeness (QED) is 0.581. The molecule has 1 saturated heterocycles. The van der Waals surface area contributed by atoms with Gasteiger partial charge in [0, 0.05) is 6.54 Å². The van der Waals surface area contributed by atoms with Crippen molar-refractivity contribution in [1.29, 1.82) is 0 Å². The minimum atomic E-state index is 0.00384. The molecular formula is C21H21N7O. The van der Waals surface area contributed by atoms with Crippen LogP contribution in [0.1, 0.15) is 36.7 Å². The van der Waals surface area contributed by atoms with Gasteiger partial charge >= 0.3 is 0 Å². The van der Waals surface area contributed by atoms with Gasteiger partial charge in [-0.25, -0.2) is 9.67 Å². The number of piperidine rings is 1. The van der Waals surface area contributed by atoms with E-state index in [0.717, 1.165) is 53.9 Å². The lowest BCUT2D eigenvalue weighted by Gasteiger charge is -2.34. The number of aromatic amines is 1. The Morgan fingerprint density at radius 3 is 2.76 bits per heavy atom. The molecule has 5 rings (SSSR count).